The first-order valence-electron chi connectivity index (χ1n) is 16.0. The van der Waals surface area contributed by atoms with Crippen molar-refractivity contribution >= 4 is 11.8 Å². The Hall–Kier alpha value is -1.82. The van der Waals surface area contributed by atoms with Crippen molar-refractivity contribution in [2.45, 2.75) is 143 Å². The second kappa shape index (κ2) is 17.1. The van der Waals surface area contributed by atoms with Gasteiger partial charge in [0.05, 0.1) is 19.8 Å². The summed E-state index contributed by atoms with van der Waals surface area (Å²) < 4.78 is 39.2. The fourth-order valence-corrected chi connectivity index (χ4v) is 6.27. The zero-order chi connectivity index (χ0) is 38.1. The van der Waals surface area contributed by atoms with E-state index in [-0.39, 0.29) is 0 Å². The lowest BCUT2D eigenvalue weighted by Gasteiger charge is -2.50. The SMILES string of the molecule is CC(=O)N[C@@H]1[C@@H](O)[C@H](O[C@@H]2O[C@H](CO)[C@@H](O[C@H]3O[C@H](CO)[C@@H](O)[C@H](O)[C@@H]3O)[C@H](O)[C@H]2NC(C)=O)[C@@H](CO[C@@]2(C)O[C@@H](O)[C@@H](O)[C@H](O)[C@@H]2O)O[C@H]1O. The Morgan fingerprint density at radius 3 is 1.73 bits per heavy atom. The third kappa shape index (κ3) is 8.94. The maximum atomic E-state index is 12.3. The van der Waals surface area contributed by atoms with Crippen LogP contribution in [0.4, 0.5) is 0 Å². The molecule has 4 aliphatic rings. The van der Waals surface area contributed by atoms with Gasteiger partial charge in [-0.05, 0) is 6.92 Å². The van der Waals surface area contributed by atoms with Gasteiger partial charge in [0.2, 0.25) is 11.8 Å². The molecular formula is C28H48N2O21. The maximum Gasteiger partial charge on any atom is 0.217 e. The molecule has 14 N–H and O–H groups in total. The number of ether oxygens (including phenoxy) is 7. The lowest BCUT2D eigenvalue weighted by Crippen LogP contribution is -2.70. The summed E-state index contributed by atoms with van der Waals surface area (Å²) in [5.74, 6) is -3.69. The van der Waals surface area contributed by atoms with Crippen molar-refractivity contribution in [1.82, 2.24) is 10.6 Å². The fourth-order valence-electron chi connectivity index (χ4n) is 6.27. The average molecular weight is 749 g/mol. The van der Waals surface area contributed by atoms with Gasteiger partial charge >= 0.3 is 0 Å². The molecule has 2 amide bonds. The number of nitrogens with one attached hydrogen (secondary N) is 2. The monoisotopic (exact) mass is 748 g/mol. The number of carbonyl (C=O) groups excluding carboxylic acids is 2. The molecule has 23 nitrogen and oxygen atoms in total. The minimum absolute atomic E-state index is 0.711. The van der Waals surface area contributed by atoms with E-state index in [2.05, 4.69) is 10.6 Å². The van der Waals surface area contributed by atoms with Crippen molar-refractivity contribution in [2.75, 3.05) is 19.8 Å². The lowest BCUT2D eigenvalue weighted by atomic mass is 9.93. The summed E-state index contributed by atoms with van der Waals surface area (Å²) in [5, 5.41) is 129. The van der Waals surface area contributed by atoms with E-state index in [1.165, 1.54) is 0 Å². The van der Waals surface area contributed by atoms with Crippen molar-refractivity contribution in [3.05, 3.63) is 0 Å². The first kappa shape index (κ1) is 41.9. The van der Waals surface area contributed by atoms with Crippen LogP contribution in [0.25, 0.3) is 0 Å². The van der Waals surface area contributed by atoms with Crippen molar-refractivity contribution < 1.29 is 104 Å². The molecule has 20 atom stereocenters. The van der Waals surface area contributed by atoms with Gasteiger partial charge in [0.1, 0.15) is 91.4 Å². The van der Waals surface area contributed by atoms with Gasteiger partial charge in [-0.15, -0.1) is 0 Å². The Kier molecular flexibility index (Phi) is 14.1. The van der Waals surface area contributed by atoms with Crippen molar-refractivity contribution in [2.24, 2.45) is 0 Å². The quantitative estimate of drug-likeness (QED) is 0.0932. The van der Waals surface area contributed by atoms with Crippen LogP contribution in [0.1, 0.15) is 20.8 Å². The van der Waals surface area contributed by atoms with E-state index >= 15 is 0 Å². The minimum atomic E-state index is -2.22. The standard InChI is InChI=1S/C28H48N2O21/c1-7(33)29-12-15(36)22(11(46-24(12)43)6-45-28(3)23(42)18(39)19(40)25(44)51-28)49-26-13(30-8(2)34)16(37)21(10(5-32)48-26)50-27-20(41)17(38)14(35)9(4-31)47-27/h9-27,31-32,35-44H,4-6H2,1-3H3,(H,29,33)(H,30,34)/t9-,10-,11-,12-,13-,14-,15-,16-,17+,18+,19+,20+,21-,22-,23+,24-,25-,26+,27-,28+/m1/s1. The van der Waals surface area contributed by atoms with E-state index < -0.39 is 154 Å². The Labute approximate surface area is 289 Å². The fraction of sp³-hybridized carbons (Fsp3) is 0.929. The van der Waals surface area contributed by atoms with Crippen molar-refractivity contribution in [3.8, 4) is 0 Å². The molecule has 51 heavy (non-hydrogen) atoms. The zero-order valence-corrected chi connectivity index (χ0v) is 27.6. The summed E-state index contributed by atoms with van der Waals surface area (Å²) in [7, 11) is 0. The molecule has 4 saturated heterocycles. The van der Waals surface area contributed by atoms with Gasteiger partial charge in [-0.1, -0.05) is 0 Å². The maximum absolute atomic E-state index is 12.3. The van der Waals surface area contributed by atoms with Gasteiger partial charge in [-0.2, -0.15) is 0 Å². The predicted molar refractivity (Wildman–Crippen MR) is 157 cm³/mol. The second-order valence-corrected chi connectivity index (χ2v) is 12.9. The number of hydrogen-bond donors (Lipinski definition) is 14. The summed E-state index contributed by atoms with van der Waals surface area (Å²) in [6.45, 7) is 0.744. The average Bonchev–Trinajstić information content (AvgIpc) is 3.07. The number of amides is 2. The molecular weight excluding hydrogens is 700 g/mol. The molecule has 4 fully saturated rings. The van der Waals surface area contributed by atoms with Crippen LogP contribution < -0.4 is 10.6 Å². The van der Waals surface area contributed by atoms with E-state index in [0.29, 0.717) is 0 Å². The van der Waals surface area contributed by atoms with Crippen LogP contribution in [0.5, 0.6) is 0 Å². The highest BCUT2D eigenvalue weighted by Gasteiger charge is 2.56. The van der Waals surface area contributed by atoms with Gasteiger partial charge in [0.15, 0.2) is 30.9 Å². The Morgan fingerprint density at radius 2 is 1.14 bits per heavy atom. The number of carbonyl (C=O) groups is 2. The smallest absolute Gasteiger partial charge is 0.217 e. The molecule has 0 unspecified atom stereocenters. The first-order chi connectivity index (χ1) is 23.8. The predicted octanol–water partition coefficient (Wildman–Crippen LogP) is -9.11. The molecule has 23 heteroatoms. The summed E-state index contributed by atoms with van der Waals surface area (Å²) in [5.41, 5.74) is 0. The first-order valence-corrected chi connectivity index (χ1v) is 16.0. The third-order valence-corrected chi connectivity index (χ3v) is 9.11. The summed E-state index contributed by atoms with van der Waals surface area (Å²) in [4.78, 5) is 24.2. The summed E-state index contributed by atoms with van der Waals surface area (Å²) in [6.07, 6.45) is -30.5. The van der Waals surface area contributed by atoms with Gasteiger partial charge in [-0.3, -0.25) is 9.59 Å². The van der Waals surface area contributed by atoms with E-state index in [9.17, 15) is 70.9 Å². The summed E-state index contributed by atoms with van der Waals surface area (Å²) >= 11 is 0. The number of aliphatic hydroxyl groups is 12. The molecule has 0 spiro atoms. The molecule has 0 aromatic heterocycles. The van der Waals surface area contributed by atoms with Gasteiger partial charge in [0.25, 0.3) is 0 Å². The van der Waals surface area contributed by atoms with Crippen LogP contribution in [-0.4, -0.2) is 215 Å². The molecule has 0 saturated carbocycles. The Balaban J connectivity index is 1.60. The third-order valence-electron chi connectivity index (χ3n) is 9.11. The van der Waals surface area contributed by atoms with E-state index in [0.717, 1.165) is 20.8 Å². The van der Waals surface area contributed by atoms with Crippen LogP contribution in [0.2, 0.25) is 0 Å². The molecule has 0 bridgehead atoms. The van der Waals surface area contributed by atoms with Crippen LogP contribution in [-0.2, 0) is 42.7 Å². The van der Waals surface area contributed by atoms with Crippen molar-refractivity contribution in [3.63, 3.8) is 0 Å². The minimum Gasteiger partial charge on any atom is -0.394 e. The molecule has 4 rings (SSSR count). The lowest BCUT2D eigenvalue weighted by molar-refractivity contribution is -0.398. The Bertz CT molecular complexity index is 1170. The highest BCUT2D eigenvalue weighted by molar-refractivity contribution is 5.73. The summed E-state index contributed by atoms with van der Waals surface area (Å²) in [6, 6.07) is -3.17. The van der Waals surface area contributed by atoms with Crippen molar-refractivity contribution in [1.29, 1.82) is 0 Å². The van der Waals surface area contributed by atoms with E-state index in [1.54, 1.807) is 0 Å². The Morgan fingerprint density at radius 1 is 0.608 bits per heavy atom. The van der Waals surface area contributed by atoms with Crippen LogP contribution >= 0.6 is 0 Å². The topological polar surface area (TPSA) is 366 Å². The van der Waals surface area contributed by atoms with E-state index in [1.807, 2.05) is 0 Å². The van der Waals surface area contributed by atoms with Crippen LogP contribution in [0.3, 0.4) is 0 Å². The van der Waals surface area contributed by atoms with E-state index in [4.69, 9.17) is 33.2 Å². The normalized spacial score (nSPS) is 49.3. The molecule has 4 aliphatic heterocycles. The van der Waals surface area contributed by atoms with Gasteiger partial charge in [0, 0.05) is 13.8 Å². The van der Waals surface area contributed by atoms with Gasteiger partial charge in [-0.25, -0.2) is 0 Å². The molecule has 0 radical (unpaired) electrons. The largest absolute Gasteiger partial charge is 0.394 e. The highest BCUT2D eigenvalue weighted by Crippen LogP contribution is 2.35. The molecule has 296 valence electrons. The number of hydrogen-bond acceptors (Lipinski definition) is 21. The molecule has 0 aromatic carbocycles. The number of rotatable bonds is 11. The molecule has 0 aliphatic carbocycles. The van der Waals surface area contributed by atoms with Crippen LogP contribution in [0, 0.1) is 0 Å². The highest BCUT2D eigenvalue weighted by atomic mass is 16.8. The van der Waals surface area contributed by atoms with Gasteiger partial charge < -0.3 is 105 Å². The molecule has 0 aromatic rings. The zero-order valence-electron chi connectivity index (χ0n) is 27.6. The van der Waals surface area contributed by atoms with Crippen LogP contribution in [0.15, 0.2) is 0 Å². The molecule has 4 heterocycles. The number of aliphatic hydroxyl groups excluding tert-OH is 12. The second-order valence-electron chi connectivity index (χ2n) is 12.9.